The van der Waals surface area contributed by atoms with Gasteiger partial charge in [0.05, 0.1) is 0 Å². The Labute approximate surface area is 86.5 Å². The van der Waals surface area contributed by atoms with Crippen molar-refractivity contribution in [2.45, 2.75) is 32.6 Å². The highest BCUT2D eigenvalue weighted by Crippen LogP contribution is 2.30. The number of nitrogens with one attached hydrogen (secondary N) is 1. The zero-order valence-electron chi connectivity index (χ0n) is 9.14. The predicted molar refractivity (Wildman–Crippen MR) is 60.8 cm³/mol. The molecular formula is C13H19N. The molecular weight excluding hydrogens is 170 g/mol. The van der Waals surface area contributed by atoms with E-state index in [0.717, 1.165) is 5.92 Å². The maximum Gasteiger partial charge on any atom is -0.00431 e. The lowest BCUT2D eigenvalue weighted by Crippen LogP contribution is -2.27. The molecule has 14 heavy (non-hydrogen) atoms. The molecule has 0 atom stereocenters. The summed E-state index contributed by atoms with van der Waals surface area (Å²) in [6.07, 6.45) is 2.59. The van der Waals surface area contributed by atoms with Gasteiger partial charge in [0.1, 0.15) is 0 Å². The summed E-state index contributed by atoms with van der Waals surface area (Å²) >= 11 is 0. The third-order valence-electron chi connectivity index (χ3n) is 3.29. The van der Waals surface area contributed by atoms with Gasteiger partial charge in [0, 0.05) is 0 Å². The third kappa shape index (κ3) is 1.83. The summed E-state index contributed by atoms with van der Waals surface area (Å²) in [5.74, 6) is 0.789. The van der Waals surface area contributed by atoms with Crippen LogP contribution in [0, 0.1) is 13.8 Å². The number of rotatable bonds is 1. The van der Waals surface area contributed by atoms with Crippen molar-refractivity contribution in [1.29, 1.82) is 0 Å². The summed E-state index contributed by atoms with van der Waals surface area (Å²) in [5.41, 5.74) is 4.54. The van der Waals surface area contributed by atoms with Gasteiger partial charge in [0.15, 0.2) is 0 Å². The van der Waals surface area contributed by atoms with E-state index in [4.69, 9.17) is 0 Å². The van der Waals surface area contributed by atoms with E-state index in [2.05, 4.69) is 37.4 Å². The number of piperidine rings is 1. The number of hydrogen-bond acceptors (Lipinski definition) is 1. The van der Waals surface area contributed by atoms with Gasteiger partial charge in [-0.2, -0.15) is 0 Å². The Kier molecular flexibility index (Phi) is 2.87. The SMILES string of the molecule is Cc1cccc(C)c1C1CCNCC1. The average Bonchev–Trinajstić information content (AvgIpc) is 2.19. The van der Waals surface area contributed by atoms with Gasteiger partial charge in [-0.05, 0) is 62.4 Å². The Morgan fingerprint density at radius 2 is 1.64 bits per heavy atom. The zero-order chi connectivity index (χ0) is 9.97. The van der Waals surface area contributed by atoms with Crippen LogP contribution in [-0.4, -0.2) is 13.1 Å². The lowest BCUT2D eigenvalue weighted by Gasteiger charge is -2.26. The molecule has 0 bridgehead atoms. The molecule has 0 radical (unpaired) electrons. The predicted octanol–water partition coefficient (Wildman–Crippen LogP) is 2.77. The fraction of sp³-hybridized carbons (Fsp3) is 0.538. The fourth-order valence-electron chi connectivity index (χ4n) is 2.58. The Hall–Kier alpha value is -0.820. The van der Waals surface area contributed by atoms with Crippen molar-refractivity contribution in [2.75, 3.05) is 13.1 Å². The molecule has 1 heterocycles. The zero-order valence-corrected chi connectivity index (χ0v) is 9.14. The second-order valence-electron chi connectivity index (χ2n) is 4.33. The molecule has 1 N–H and O–H groups in total. The molecule has 2 rings (SSSR count). The van der Waals surface area contributed by atoms with Crippen LogP contribution in [0.2, 0.25) is 0 Å². The second-order valence-corrected chi connectivity index (χ2v) is 4.33. The van der Waals surface area contributed by atoms with Crippen LogP contribution >= 0.6 is 0 Å². The molecule has 0 aromatic heterocycles. The van der Waals surface area contributed by atoms with Gasteiger partial charge in [0.2, 0.25) is 0 Å². The van der Waals surface area contributed by atoms with Crippen LogP contribution in [0.25, 0.3) is 0 Å². The van der Waals surface area contributed by atoms with E-state index in [9.17, 15) is 0 Å². The minimum absolute atomic E-state index is 0.789. The van der Waals surface area contributed by atoms with Crippen molar-refractivity contribution in [1.82, 2.24) is 5.32 Å². The van der Waals surface area contributed by atoms with E-state index < -0.39 is 0 Å². The lowest BCUT2D eigenvalue weighted by molar-refractivity contribution is 0.458. The van der Waals surface area contributed by atoms with Crippen LogP contribution in [0.5, 0.6) is 0 Å². The number of hydrogen-bond donors (Lipinski definition) is 1. The highest BCUT2D eigenvalue weighted by atomic mass is 14.9. The first-order chi connectivity index (χ1) is 6.79. The normalized spacial score (nSPS) is 18.4. The van der Waals surface area contributed by atoms with Crippen LogP contribution in [0.4, 0.5) is 0 Å². The molecule has 76 valence electrons. The van der Waals surface area contributed by atoms with E-state index in [1.165, 1.54) is 37.1 Å². The first-order valence-corrected chi connectivity index (χ1v) is 5.56. The lowest BCUT2D eigenvalue weighted by atomic mass is 9.85. The van der Waals surface area contributed by atoms with E-state index in [1.54, 1.807) is 5.56 Å². The van der Waals surface area contributed by atoms with Gasteiger partial charge in [-0.25, -0.2) is 0 Å². The molecule has 1 aliphatic rings. The van der Waals surface area contributed by atoms with Gasteiger partial charge in [-0.15, -0.1) is 0 Å². The topological polar surface area (TPSA) is 12.0 Å². The standard InChI is InChI=1S/C13H19N/c1-10-4-3-5-11(2)13(10)12-6-8-14-9-7-12/h3-5,12,14H,6-9H2,1-2H3. The smallest absolute Gasteiger partial charge is 0.00431 e. The van der Waals surface area contributed by atoms with Crippen molar-refractivity contribution in [3.8, 4) is 0 Å². The van der Waals surface area contributed by atoms with E-state index >= 15 is 0 Å². The molecule has 0 spiro atoms. The number of aryl methyl sites for hydroxylation is 2. The van der Waals surface area contributed by atoms with Crippen molar-refractivity contribution >= 4 is 0 Å². The van der Waals surface area contributed by atoms with Crippen LogP contribution in [-0.2, 0) is 0 Å². The molecule has 0 unspecified atom stereocenters. The van der Waals surface area contributed by atoms with Crippen molar-refractivity contribution in [3.05, 3.63) is 34.9 Å². The minimum atomic E-state index is 0.789. The molecule has 1 nitrogen and oxygen atoms in total. The van der Waals surface area contributed by atoms with Crippen LogP contribution in [0.3, 0.4) is 0 Å². The van der Waals surface area contributed by atoms with Gasteiger partial charge in [-0.1, -0.05) is 18.2 Å². The van der Waals surface area contributed by atoms with E-state index in [1.807, 2.05) is 0 Å². The number of benzene rings is 1. The molecule has 1 aromatic rings. The van der Waals surface area contributed by atoms with Crippen LogP contribution < -0.4 is 5.32 Å². The van der Waals surface area contributed by atoms with Crippen molar-refractivity contribution < 1.29 is 0 Å². The Bertz CT molecular complexity index is 291. The summed E-state index contributed by atoms with van der Waals surface area (Å²) in [6, 6.07) is 6.64. The van der Waals surface area contributed by atoms with Crippen molar-refractivity contribution in [3.63, 3.8) is 0 Å². The molecule has 1 fully saturated rings. The summed E-state index contributed by atoms with van der Waals surface area (Å²) in [4.78, 5) is 0. The molecule has 1 heteroatoms. The molecule has 0 amide bonds. The highest BCUT2D eigenvalue weighted by molar-refractivity contribution is 5.36. The molecule has 0 aliphatic carbocycles. The fourth-order valence-corrected chi connectivity index (χ4v) is 2.58. The largest absolute Gasteiger partial charge is 0.317 e. The summed E-state index contributed by atoms with van der Waals surface area (Å²) in [7, 11) is 0. The summed E-state index contributed by atoms with van der Waals surface area (Å²) < 4.78 is 0. The first kappa shape index (κ1) is 9.72. The van der Waals surface area contributed by atoms with Gasteiger partial charge in [-0.3, -0.25) is 0 Å². The maximum absolute atomic E-state index is 3.42. The van der Waals surface area contributed by atoms with Gasteiger partial charge >= 0.3 is 0 Å². The third-order valence-corrected chi connectivity index (χ3v) is 3.29. The Morgan fingerprint density at radius 1 is 1.07 bits per heavy atom. The molecule has 0 saturated carbocycles. The molecule has 1 aliphatic heterocycles. The summed E-state index contributed by atoms with van der Waals surface area (Å²) in [6.45, 7) is 6.84. The van der Waals surface area contributed by atoms with E-state index in [-0.39, 0.29) is 0 Å². The minimum Gasteiger partial charge on any atom is -0.317 e. The highest BCUT2D eigenvalue weighted by Gasteiger charge is 2.18. The van der Waals surface area contributed by atoms with E-state index in [0.29, 0.717) is 0 Å². The average molecular weight is 189 g/mol. The maximum atomic E-state index is 3.42. The van der Waals surface area contributed by atoms with Crippen molar-refractivity contribution in [2.24, 2.45) is 0 Å². The summed E-state index contributed by atoms with van der Waals surface area (Å²) in [5, 5.41) is 3.42. The van der Waals surface area contributed by atoms with Gasteiger partial charge in [0.25, 0.3) is 0 Å². The molecule has 1 saturated heterocycles. The Morgan fingerprint density at radius 3 is 2.21 bits per heavy atom. The van der Waals surface area contributed by atoms with Crippen LogP contribution in [0.15, 0.2) is 18.2 Å². The first-order valence-electron chi connectivity index (χ1n) is 5.56. The molecule has 1 aromatic carbocycles. The Balaban J connectivity index is 2.29. The van der Waals surface area contributed by atoms with Gasteiger partial charge < -0.3 is 5.32 Å². The second kappa shape index (κ2) is 4.14. The monoisotopic (exact) mass is 189 g/mol. The quantitative estimate of drug-likeness (QED) is 0.716. The van der Waals surface area contributed by atoms with Crippen LogP contribution in [0.1, 0.15) is 35.4 Å².